The van der Waals surface area contributed by atoms with Crippen molar-refractivity contribution in [3.63, 3.8) is 0 Å². The molecule has 4 nitrogen and oxygen atoms in total. The van der Waals surface area contributed by atoms with Gasteiger partial charge in [0, 0.05) is 37.9 Å². The molecule has 2 fully saturated rings. The van der Waals surface area contributed by atoms with Crippen LogP contribution >= 0.6 is 0 Å². The first-order chi connectivity index (χ1) is 10.3. The fraction of sp³-hybridized carbons (Fsp3) is 0.471. The van der Waals surface area contributed by atoms with Crippen LogP contribution in [0.15, 0.2) is 42.7 Å². The highest BCUT2D eigenvalue weighted by atomic mass is 16.3. The molecule has 4 rings (SSSR count). The van der Waals surface area contributed by atoms with Crippen molar-refractivity contribution in [3.05, 3.63) is 48.3 Å². The van der Waals surface area contributed by atoms with E-state index in [9.17, 15) is 5.11 Å². The van der Waals surface area contributed by atoms with Crippen LogP contribution in [0.25, 0.3) is 5.69 Å². The lowest BCUT2D eigenvalue weighted by Crippen LogP contribution is -2.24. The van der Waals surface area contributed by atoms with Gasteiger partial charge in [-0.05, 0) is 42.5 Å². The lowest BCUT2D eigenvalue weighted by Gasteiger charge is -2.18. The minimum atomic E-state index is -0.0674. The van der Waals surface area contributed by atoms with E-state index in [0.717, 1.165) is 31.7 Å². The van der Waals surface area contributed by atoms with Gasteiger partial charge in [0.2, 0.25) is 0 Å². The van der Waals surface area contributed by atoms with Gasteiger partial charge in [-0.25, -0.2) is 4.68 Å². The van der Waals surface area contributed by atoms with E-state index in [1.165, 1.54) is 12.0 Å². The van der Waals surface area contributed by atoms with Gasteiger partial charge in [-0.15, -0.1) is 0 Å². The molecule has 1 saturated heterocycles. The number of hydrogen-bond acceptors (Lipinski definition) is 3. The fourth-order valence-electron chi connectivity index (χ4n) is 3.89. The predicted octanol–water partition coefficient (Wildman–Crippen LogP) is 2.08. The molecule has 3 atom stereocenters. The molecule has 1 aromatic carbocycles. The summed E-state index contributed by atoms with van der Waals surface area (Å²) in [6.45, 7) is 3.18. The molecule has 1 N–H and O–H groups in total. The Morgan fingerprint density at radius 1 is 1.14 bits per heavy atom. The summed E-state index contributed by atoms with van der Waals surface area (Å²) < 4.78 is 1.88. The molecule has 0 bridgehead atoms. The average Bonchev–Trinajstić information content (AvgIpc) is 3.20. The van der Waals surface area contributed by atoms with Crippen LogP contribution in [-0.2, 0) is 6.54 Å². The molecule has 0 radical (unpaired) electrons. The SMILES string of the molecule is OC1CCC2CN(Cc3ccc(-n4cccn4)cc3)CC12. The Kier molecular flexibility index (Phi) is 3.28. The molecule has 3 unspecified atom stereocenters. The maximum atomic E-state index is 9.99. The Balaban J connectivity index is 1.42. The molecule has 2 aromatic rings. The molecule has 1 aromatic heterocycles. The summed E-state index contributed by atoms with van der Waals surface area (Å²) in [5, 5.41) is 14.2. The van der Waals surface area contributed by atoms with Crippen molar-refractivity contribution in [1.29, 1.82) is 0 Å². The first-order valence-corrected chi connectivity index (χ1v) is 7.79. The summed E-state index contributed by atoms with van der Waals surface area (Å²) in [5.41, 5.74) is 2.43. The van der Waals surface area contributed by atoms with Crippen molar-refractivity contribution < 1.29 is 5.11 Å². The van der Waals surface area contributed by atoms with Crippen molar-refractivity contribution in [2.75, 3.05) is 13.1 Å². The summed E-state index contributed by atoms with van der Waals surface area (Å²) in [7, 11) is 0. The van der Waals surface area contributed by atoms with E-state index in [1.54, 1.807) is 6.20 Å². The molecule has 110 valence electrons. The minimum absolute atomic E-state index is 0.0674. The zero-order valence-corrected chi connectivity index (χ0v) is 12.1. The summed E-state index contributed by atoms with van der Waals surface area (Å²) in [4.78, 5) is 2.49. The molecule has 2 aliphatic rings. The van der Waals surface area contributed by atoms with Gasteiger partial charge in [0.05, 0.1) is 11.8 Å². The zero-order chi connectivity index (χ0) is 14.2. The standard InChI is InChI=1S/C17H21N3O/c21-17-7-4-14-11-19(12-16(14)17)10-13-2-5-15(6-3-13)20-9-1-8-18-20/h1-3,5-6,8-9,14,16-17,21H,4,7,10-12H2. The van der Waals surface area contributed by atoms with Crippen LogP contribution in [0.1, 0.15) is 18.4 Å². The number of hydrogen-bond donors (Lipinski definition) is 1. The number of nitrogens with zero attached hydrogens (tertiary/aromatic N) is 3. The number of benzene rings is 1. The average molecular weight is 283 g/mol. The van der Waals surface area contributed by atoms with Crippen molar-refractivity contribution in [2.24, 2.45) is 11.8 Å². The van der Waals surface area contributed by atoms with Gasteiger partial charge in [0.15, 0.2) is 0 Å². The maximum absolute atomic E-state index is 9.99. The number of aliphatic hydroxyl groups is 1. The minimum Gasteiger partial charge on any atom is -0.393 e. The lowest BCUT2D eigenvalue weighted by atomic mass is 10.00. The van der Waals surface area contributed by atoms with Crippen molar-refractivity contribution >= 4 is 0 Å². The van der Waals surface area contributed by atoms with Crippen LogP contribution in [0.2, 0.25) is 0 Å². The second kappa shape index (κ2) is 5.28. The third kappa shape index (κ3) is 2.49. The van der Waals surface area contributed by atoms with Gasteiger partial charge in [-0.1, -0.05) is 12.1 Å². The van der Waals surface area contributed by atoms with E-state index >= 15 is 0 Å². The summed E-state index contributed by atoms with van der Waals surface area (Å²) in [5.74, 6) is 1.22. The molecule has 0 spiro atoms. The molecule has 1 aliphatic carbocycles. The van der Waals surface area contributed by atoms with Crippen LogP contribution in [0, 0.1) is 11.8 Å². The number of rotatable bonds is 3. The van der Waals surface area contributed by atoms with Crippen LogP contribution in [0.3, 0.4) is 0 Å². The Hall–Kier alpha value is -1.65. The molecule has 21 heavy (non-hydrogen) atoms. The van der Waals surface area contributed by atoms with E-state index in [4.69, 9.17) is 0 Å². The smallest absolute Gasteiger partial charge is 0.0645 e. The molecule has 4 heteroatoms. The number of aromatic nitrogens is 2. The largest absolute Gasteiger partial charge is 0.393 e. The summed E-state index contributed by atoms with van der Waals surface area (Å²) >= 11 is 0. The van der Waals surface area contributed by atoms with Crippen molar-refractivity contribution in [1.82, 2.24) is 14.7 Å². The second-order valence-electron chi connectivity index (χ2n) is 6.38. The Morgan fingerprint density at radius 3 is 2.71 bits per heavy atom. The molecular formula is C17H21N3O. The van der Waals surface area contributed by atoms with E-state index in [1.807, 2.05) is 16.9 Å². The highest BCUT2D eigenvalue weighted by molar-refractivity contribution is 5.33. The van der Waals surface area contributed by atoms with Gasteiger partial charge in [-0.2, -0.15) is 5.10 Å². The van der Waals surface area contributed by atoms with Gasteiger partial charge in [0.1, 0.15) is 0 Å². The van der Waals surface area contributed by atoms with Gasteiger partial charge in [0.25, 0.3) is 0 Å². The van der Waals surface area contributed by atoms with E-state index in [-0.39, 0.29) is 6.10 Å². The van der Waals surface area contributed by atoms with Crippen molar-refractivity contribution in [3.8, 4) is 5.69 Å². The second-order valence-corrected chi connectivity index (χ2v) is 6.38. The topological polar surface area (TPSA) is 41.3 Å². The van der Waals surface area contributed by atoms with Crippen LogP contribution in [-0.4, -0.2) is 39.0 Å². The van der Waals surface area contributed by atoms with Crippen LogP contribution in [0.5, 0.6) is 0 Å². The zero-order valence-electron chi connectivity index (χ0n) is 12.1. The number of aliphatic hydroxyl groups excluding tert-OH is 1. The highest BCUT2D eigenvalue weighted by Crippen LogP contribution is 2.38. The third-order valence-corrected chi connectivity index (χ3v) is 5.01. The van der Waals surface area contributed by atoms with Crippen molar-refractivity contribution in [2.45, 2.75) is 25.5 Å². The summed E-state index contributed by atoms with van der Waals surface area (Å²) in [6.07, 6.45) is 5.88. The maximum Gasteiger partial charge on any atom is 0.0645 e. The highest BCUT2D eigenvalue weighted by Gasteiger charge is 2.41. The Labute approximate surface area is 125 Å². The van der Waals surface area contributed by atoms with E-state index in [2.05, 4.69) is 34.3 Å². The van der Waals surface area contributed by atoms with Gasteiger partial charge < -0.3 is 5.11 Å². The molecule has 2 heterocycles. The Bertz CT molecular complexity index is 593. The number of likely N-dealkylation sites (tertiary alicyclic amines) is 1. The molecule has 1 aliphatic heterocycles. The molecule has 0 amide bonds. The normalized spacial score (nSPS) is 28.9. The molecular weight excluding hydrogens is 262 g/mol. The van der Waals surface area contributed by atoms with E-state index in [0.29, 0.717) is 11.8 Å². The molecule has 1 saturated carbocycles. The van der Waals surface area contributed by atoms with E-state index < -0.39 is 0 Å². The lowest BCUT2D eigenvalue weighted by molar-refractivity contribution is 0.123. The predicted molar refractivity (Wildman–Crippen MR) is 81.1 cm³/mol. The third-order valence-electron chi connectivity index (χ3n) is 5.01. The number of fused-ring (bicyclic) bond motifs is 1. The Morgan fingerprint density at radius 2 is 2.00 bits per heavy atom. The monoisotopic (exact) mass is 283 g/mol. The van der Waals surface area contributed by atoms with Gasteiger partial charge in [-0.3, -0.25) is 4.90 Å². The fourth-order valence-corrected chi connectivity index (χ4v) is 3.89. The van der Waals surface area contributed by atoms with Gasteiger partial charge >= 0.3 is 0 Å². The summed E-state index contributed by atoms with van der Waals surface area (Å²) in [6, 6.07) is 10.5. The first kappa shape index (κ1) is 13.0. The van der Waals surface area contributed by atoms with Crippen LogP contribution < -0.4 is 0 Å². The quantitative estimate of drug-likeness (QED) is 0.937. The first-order valence-electron chi connectivity index (χ1n) is 7.79. The van der Waals surface area contributed by atoms with Crippen LogP contribution in [0.4, 0.5) is 0 Å².